The van der Waals surface area contributed by atoms with Crippen LogP contribution in [0.3, 0.4) is 0 Å². The average molecular weight is 519 g/mol. The second-order valence-corrected chi connectivity index (χ2v) is 10.2. The van der Waals surface area contributed by atoms with Gasteiger partial charge in [0, 0.05) is 38.9 Å². The average Bonchev–Trinajstić information content (AvgIpc) is 3.24. The maximum atomic E-state index is 12.9. The molecule has 200 valence electrons. The number of aliphatic hydroxyl groups is 1. The number of carbonyl (C=O) groups excluding carboxylic acids is 2. The number of halogens is 3. The van der Waals surface area contributed by atoms with Gasteiger partial charge in [0.25, 0.3) is 5.91 Å². The molecule has 0 unspecified atom stereocenters. The van der Waals surface area contributed by atoms with Crippen molar-refractivity contribution in [1.82, 2.24) is 20.1 Å². The van der Waals surface area contributed by atoms with E-state index in [-0.39, 0.29) is 29.7 Å². The molecule has 0 saturated carbocycles. The van der Waals surface area contributed by atoms with Crippen molar-refractivity contribution in [3.05, 3.63) is 64.5 Å². The van der Waals surface area contributed by atoms with Crippen LogP contribution in [0.1, 0.15) is 65.5 Å². The summed E-state index contributed by atoms with van der Waals surface area (Å²) in [6, 6.07) is 7.11. The minimum atomic E-state index is -4.36. The molecule has 2 aliphatic rings. The molecule has 7 nitrogen and oxygen atoms in total. The van der Waals surface area contributed by atoms with Crippen LogP contribution >= 0.6 is 0 Å². The molecular weight excluding hydrogens is 485 g/mol. The number of pyridine rings is 1. The molecule has 1 saturated heterocycles. The van der Waals surface area contributed by atoms with Gasteiger partial charge < -0.3 is 15.3 Å². The maximum Gasteiger partial charge on any atom is 0.416 e. The van der Waals surface area contributed by atoms with Gasteiger partial charge in [-0.1, -0.05) is 26.0 Å². The number of benzene rings is 1. The summed E-state index contributed by atoms with van der Waals surface area (Å²) < 4.78 is 38.8. The third-order valence-electron chi connectivity index (χ3n) is 7.26. The number of carbonyl (C=O) groups is 2. The molecule has 4 rings (SSSR count). The first-order valence-electron chi connectivity index (χ1n) is 12.6. The third kappa shape index (κ3) is 6.30. The lowest BCUT2D eigenvalue weighted by Crippen LogP contribution is -2.42. The van der Waals surface area contributed by atoms with E-state index in [4.69, 9.17) is 5.11 Å². The van der Waals surface area contributed by atoms with Crippen molar-refractivity contribution >= 4 is 11.8 Å². The highest BCUT2D eigenvalue weighted by atomic mass is 19.4. The summed E-state index contributed by atoms with van der Waals surface area (Å²) in [6.07, 6.45) is -1.24. The van der Waals surface area contributed by atoms with E-state index in [0.29, 0.717) is 38.3 Å². The number of fused-ring (bicyclic) bond motifs is 1. The highest BCUT2D eigenvalue weighted by molar-refractivity contribution is 5.94. The normalized spacial score (nSPS) is 18.8. The zero-order chi connectivity index (χ0) is 26.7. The summed E-state index contributed by atoms with van der Waals surface area (Å²) in [5, 5.41) is 12.0. The van der Waals surface area contributed by atoms with E-state index in [9.17, 15) is 22.8 Å². The number of amides is 2. The van der Waals surface area contributed by atoms with Gasteiger partial charge in [-0.3, -0.25) is 19.5 Å². The molecule has 1 fully saturated rings. The second-order valence-electron chi connectivity index (χ2n) is 10.2. The van der Waals surface area contributed by atoms with E-state index >= 15 is 0 Å². The van der Waals surface area contributed by atoms with E-state index in [2.05, 4.69) is 29.0 Å². The largest absolute Gasteiger partial charge is 0.416 e. The Labute approximate surface area is 214 Å². The Hall–Kier alpha value is -2.98. The smallest absolute Gasteiger partial charge is 0.387 e. The molecule has 0 aliphatic carbocycles. The molecule has 1 atom stereocenters. The number of hydrogen-bond acceptors (Lipinski definition) is 5. The molecular formula is C27H33F3N4O3. The molecule has 0 bridgehead atoms. The Morgan fingerprint density at radius 1 is 1.16 bits per heavy atom. The number of nitrogens with zero attached hydrogens (tertiary/aromatic N) is 3. The van der Waals surface area contributed by atoms with Gasteiger partial charge in [-0.05, 0) is 54.0 Å². The Morgan fingerprint density at radius 3 is 2.43 bits per heavy atom. The second kappa shape index (κ2) is 11.2. The lowest BCUT2D eigenvalue weighted by molar-refractivity contribution is -0.137. The van der Waals surface area contributed by atoms with Crippen LogP contribution in [0, 0.1) is 11.8 Å². The van der Waals surface area contributed by atoms with E-state index in [1.54, 1.807) is 11.1 Å². The zero-order valence-electron chi connectivity index (χ0n) is 21.1. The van der Waals surface area contributed by atoms with Crippen LogP contribution in [-0.4, -0.2) is 57.9 Å². The number of rotatable bonds is 7. The van der Waals surface area contributed by atoms with Gasteiger partial charge in [0.1, 0.15) is 6.61 Å². The first-order chi connectivity index (χ1) is 17.6. The minimum Gasteiger partial charge on any atom is -0.387 e. The molecule has 1 aromatic carbocycles. The summed E-state index contributed by atoms with van der Waals surface area (Å²) in [5.41, 5.74) is 2.46. The van der Waals surface area contributed by atoms with Crippen molar-refractivity contribution in [3.63, 3.8) is 0 Å². The molecule has 2 aromatic rings. The van der Waals surface area contributed by atoms with Crippen LogP contribution in [0.4, 0.5) is 13.2 Å². The predicted octanol–water partition coefficient (Wildman–Crippen LogP) is 3.77. The number of aliphatic hydroxyl groups excluding tert-OH is 1. The number of likely N-dealkylation sites (tertiary alicyclic amines) is 1. The van der Waals surface area contributed by atoms with E-state index < -0.39 is 18.3 Å². The summed E-state index contributed by atoms with van der Waals surface area (Å²) in [4.78, 5) is 32.9. The van der Waals surface area contributed by atoms with Crippen molar-refractivity contribution in [2.45, 2.75) is 52.0 Å². The fraction of sp³-hybridized carbons (Fsp3) is 0.519. The van der Waals surface area contributed by atoms with Gasteiger partial charge in [0.15, 0.2) is 0 Å². The lowest BCUT2D eigenvalue weighted by Gasteiger charge is -2.31. The summed E-state index contributed by atoms with van der Waals surface area (Å²) in [5.74, 6) is 0.0234. The van der Waals surface area contributed by atoms with Gasteiger partial charge in [-0.15, -0.1) is 0 Å². The summed E-state index contributed by atoms with van der Waals surface area (Å²) >= 11 is 0. The highest BCUT2D eigenvalue weighted by Gasteiger charge is 2.35. The molecule has 1 aromatic heterocycles. The molecule has 37 heavy (non-hydrogen) atoms. The Bertz CT molecular complexity index is 1110. The first kappa shape index (κ1) is 27.1. The van der Waals surface area contributed by atoms with Gasteiger partial charge in [-0.2, -0.15) is 13.2 Å². The van der Waals surface area contributed by atoms with Gasteiger partial charge >= 0.3 is 6.18 Å². The lowest BCUT2D eigenvalue weighted by atomic mass is 9.96. The van der Waals surface area contributed by atoms with E-state index in [1.807, 2.05) is 6.07 Å². The minimum absolute atomic E-state index is 0.00113. The summed E-state index contributed by atoms with van der Waals surface area (Å²) in [7, 11) is 0. The fourth-order valence-corrected chi connectivity index (χ4v) is 5.28. The van der Waals surface area contributed by atoms with Crippen LogP contribution in [0.25, 0.3) is 0 Å². The molecule has 0 radical (unpaired) electrons. The van der Waals surface area contributed by atoms with Crippen LogP contribution in [0.2, 0.25) is 0 Å². The van der Waals surface area contributed by atoms with Crippen LogP contribution in [-0.2, 0) is 24.1 Å². The van der Waals surface area contributed by atoms with Crippen LogP contribution < -0.4 is 5.32 Å². The van der Waals surface area contributed by atoms with Crippen LogP contribution in [0.5, 0.6) is 0 Å². The molecule has 10 heteroatoms. The Kier molecular flexibility index (Phi) is 8.18. The van der Waals surface area contributed by atoms with E-state index in [1.165, 1.54) is 12.1 Å². The standard InChI is InChI=1S/C27H33F3N4O3/c1-17(2)25-24-21(15-34(25)14-19-3-5-22(6-4-19)27(28,29)30)11-20(13-31-24)26(37)32-12-18-7-9-33(10-8-18)23(36)16-35/h3-6,11,13,17-18,25,35H,7-10,12,14-16H2,1-2H3,(H,32,37)/t25-/m0/s1. The third-order valence-corrected chi connectivity index (χ3v) is 7.26. The Morgan fingerprint density at radius 2 is 1.84 bits per heavy atom. The molecule has 3 heterocycles. The van der Waals surface area contributed by atoms with E-state index in [0.717, 1.165) is 41.8 Å². The number of hydrogen-bond donors (Lipinski definition) is 2. The fourth-order valence-electron chi connectivity index (χ4n) is 5.28. The summed E-state index contributed by atoms with van der Waals surface area (Å²) in [6.45, 7) is 6.39. The number of nitrogens with one attached hydrogen (secondary N) is 1. The van der Waals surface area contributed by atoms with Crippen molar-refractivity contribution in [2.75, 3.05) is 26.2 Å². The van der Waals surface area contributed by atoms with Crippen molar-refractivity contribution < 1.29 is 27.9 Å². The molecule has 2 amide bonds. The van der Waals surface area contributed by atoms with Crippen molar-refractivity contribution in [1.29, 1.82) is 0 Å². The molecule has 2 N–H and O–H groups in total. The first-order valence-corrected chi connectivity index (χ1v) is 12.6. The topological polar surface area (TPSA) is 85.8 Å². The van der Waals surface area contributed by atoms with Gasteiger partial charge in [0.2, 0.25) is 5.91 Å². The molecule has 2 aliphatic heterocycles. The monoisotopic (exact) mass is 518 g/mol. The van der Waals surface area contributed by atoms with Gasteiger partial charge in [0.05, 0.1) is 22.9 Å². The highest BCUT2D eigenvalue weighted by Crippen LogP contribution is 2.39. The quantitative estimate of drug-likeness (QED) is 0.583. The Balaban J connectivity index is 1.38. The number of aromatic nitrogens is 1. The number of alkyl halides is 3. The van der Waals surface area contributed by atoms with Crippen molar-refractivity contribution in [3.8, 4) is 0 Å². The van der Waals surface area contributed by atoms with Gasteiger partial charge in [-0.25, -0.2) is 0 Å². The maximum absolute atomic E-state index is 12.9. The zero-order valence-corrected chi connectivity index (χ0v) is 21.1. The predicted molar refractivity (Wildman–Crippen MR) is 131 cm³/mol. The van der Waals surface area contributed by atoms with Crippen LogP contribution in [0.15, 0.2) is 36.5 Å². The van der Waals surface area contributed by atoms with Crippen molar-refractivity contribution in [2.24, 2.45) is 11.8 Å². The number of piperidine rings is 1. The SMILES string of the molecule is CC(C)[C@H]1c2ncc(C(=O)NCC3CCN(C(=O)CO)CC3)cc2CN1Cc1ccc(C(F)(F)F)cc1. The molecule has 0 spiro atoms.